The van der Waals surface area contributed by atoms with Crippen LogP contribution in [0.2, 0.25) is 0 Å². The van der Waals surface area contributed by atoms with Crippen LogP contribution in [-0.2, 0) is 23.2 Å². The van der Waals surface area contributed by atoms with E-state index >= 15 is 0 Å². The number of carbonyl (C=O) groups excluding carboxylic acids is 2. The van der Waals surface area contributed by atoms with E-state index in [0.29, 0.717) is 19.0 Å². The highest BCUT2D eigenvalue weighted by atomic mass is 16.2. The van der Waals surface area contributed by atoms with Gasteiger partial charge >= 0.3 is 0 Å². The first-order valence-corrected chi connectivity index (χ1v) is 11.0. The summed E-state index contributed by atoms with van der Waals surface area (Å²) in [6.07, 6.45) is 8.30. The van der Waals surface area contributed by atoms with Crippen molar-refractivity contribution in [1.29, 1.82) is 0 Å². The van der Waals surface area contributed by atoms with Crippen molar-refractivity contribution in [2.45, 2.75) is 78.8 Å². The molecule has 0 spiro atoms. The van der Waals surface area contributed by atoms with Crippen LogP contribution in [0, 0.1) is 11.8 Å². The molecule has 1 aliphatic rings. The second-order valence-corrected chi connectivity index (χ2v) is 8.84. The molecule has 1 fully saturated rings. The number of hydrogen-bond acceptors (Lipinski definition) is 2. The van der Waals surface area contributed by atoms with Crippen molar-refractivity contribution in [2.75, 3.05) is 13.1 Å². The molecule has 0 saturated heterocycles. The van der Waals surface area contributed by atoms with Crippen LogP contribution in [0.25, 0.3) is 0 Å². The Labute approximate surface area is 171 Å². The maximum atomic E-state index is 13.3. The minimum Gasteiger partial charge on any atom is -0.353 e. The molecule has 2 rings (SSSR count). The number of nitrogens with zero attached hydrogens (tertiary/aromatic N) is 3. The third-order valence-corrected chi connectivity index (χ3v) is 6.01. The first-order valence-electron chi connectivity index (χ1n) is 11.0. The Balaban J connectivity index is 2.13. The van der Waals surface area contributed by atoms with Crippen molar-refractivity contribution in [2.24, 2.45) is 18.9 Å². The average molecular weight is 390 g/mol. The minimum absolute atomic E-state index is 0.0550. The van der Waals surface area contributed by atoms with Crippen molar-refractivity contribution < 1.29 is 9.59 Å². The predicted octanol–water partition coefficient (Wildman–Crippen LogP) is 4.22. The number of hydrogen-bond donors (Lipinski definition) is 0. The third-order valence-electron chi connectivity index (χ3n) is 6.01. The van der Waals surface area contributed by atoms with Gasteiger partial charge in [-0.2, -0.15) is 0 Å². The monoisotopic (exact) mass is 389 g/mol. The summed E-state index contributed by atoms with van der Waals surface area (Å²) in [5.41, 5.74) is 1.11. The van der Waals surface area contributed by atoms with Crippen molar-refractivity contribution >= 4 is 11.8 Å². The highest BCUT2D eigenvalue weighted by Crippen LogP contribution is 2.26. The molecule has 0 aliphatic heterocycles. The zero-order valence-electron chi connectivity index (χ0n) is 18.5. The zero-order valence-corrected chi connectivity index (χ0v) is 18.5. The van der Waals surface area contributed by atoms with Gasteiger partial charge in [-0.25, -0.2) is 0 Å². The molecule has 0 N–H and O–H groups in total. The van der Waals surface area contributed by atoms with Gasteiger partial charge in [-0.3, -0.25) is 9.59 Å². The van der Waals surface area contributed by atoms with Gasteiger partial charge in [0, 0.05) is 37.4 Å². The lowest BCUT2D eigenvalue weighted by Gasteiger charge is -2.35. The molecular formula is C23H39N3O2. The molecular weight excluding hydrogens is 350 g/mol. The average Bonchev–Trinajstić information content (AvgIpc) is 3.09. The molecule has 28 heavy (non-hydrogen) atoms. The Hall–Kier alpha value is -1.78. The molecule has 1 atom stereocenters. The SMILES string of the molecule is CC[C@H](C)N(CC(=O)N(Cc1cccn1C)CC(C)C)C(=O)C1CCCCC1. The Morgan fingerprint density at radius 2 is 1.86 bits per heavy atom. The quantitative estimate of drug-likeness (QED) is 0.635. The molecule has 0 radical (unpaired) electrons. The Morgan fingerprint density at radius 3 is 2.39 bits per heavy atom. The van der Waals surface area contributed by atoms with E-state index in [1.54, 1.807) is 0 Å². The predicted molar refractivity (Wildman–Crippen MR) is 114 cm³/mol. The second kappa shape index (κ2) is 10.7. The molecule has 1 aliphatic carbocycles. The van der Waals surface area contributed by atoms with Crippen LogP contribution in [0.4, 0.5) is 0 Å². The summed E-state index contributed by atoms with van der Waals surface area (Å²) in [6, 6.07) is 4.15. The summed E-state index contributed by atoms with van der Waals surface area (Å²) in [4.78, 5) is 30.2. The Morgan fingerprint density at radius 1 is 1.18 bits per heavy atom. The fourth-order valence-electron chi connectivity index (χ4n) is 4.05. The Kier molecular flexibility index (Phi) is 8.58. The molecule has 0 aromatic carbocycles. The number of aromatic nitrogens is 1. The summed E-state index contributed by atoms with van der Waals surface area (Å²) < 4.78 is 2.06. The van der Waals surface area contributed by atoms with Crippen LogP contribution in [0.15, 0.2) is 18.3 Å². The van der Waals surface area contributed by atoms with Gasteiger partial charge in [0.1, 0.15) is 6.54 Å². The van der Waals surface area contributed by atoms with Gasteiger partial charge in [-0.15, -0.1) is 0 Å². The van der Waals surface area contributed by atoms with Crippen LogP contribution in [0.3, 0.4) is 0 Å². The maximum absolute atomic E-state index is 13.3. The van der Waals surface area contributed by atoms with Crippen molar-refractivity contribution in [3.63, 3.8) is 0 Å². The van der Waals surface area contributed by atoms with Crippen molar-refractivity contribution in [1.82, 2.24) is 14.4 Å². The van der Waals surface area contributed by atoms with E-state index < -0.39 is 0 Å². The molecule has 5 heteroatoms. The molecule has 5 nitrogen and oxygen atoms in total. The van der Waals surface area contributed by atoms with Crippen molar-refractivity contribution in [3.8, 4) is 0 Å². The largest absolute Gasteiger partial charge is 0.353 e. The van der Waals surface area contributed by atoms with E-state index in [0.717, 1.165) is 37.8 Å². The van der Waals surface area contributed by atoms with Gasteiger partial charge in [0.2, 0.25) is 11.8 Å². The van der Waals surface area contributed by atoms with E-state index in [2.05, 4.69) is 38.3 Å². The van der Waals surface area contributed by atoms with Gasteiger partial charge in [-0.05, 0) is 44.2 Å². The number of aryl methyl sites for hydroxylation is 1. The smallest absolute Gasteiger partial charge is 0.242 e. The molecule has 2 amide bonds. The van der Waals surface area contributed by atoms with Crippen molar-refractivity contribution in [3.05, 3.63) is 24.0 Å². The first-order chi connectivity index (χ1) is 13.3. The van der Waals surface area contributed by atoms with E-state index in [1.165, 1.54) is 6.42 Å². The summed E-state index contributed by atoms with van der Waals surface area (Å²) in [5, 5.41) is 0. The van der Waals surface area contributed by atoms with Crippen LogP contribution in [0.1, 0.15) is 71.9 Å². The summed E-state index contributed by atoms with van der Waals surface area (Å²) in [6.45, 7) is 9.91. The van der Waals surface area contributed by atoms with E-state index in [1.807, 2.05) is 29.1 Å². The fraction of sp³-hybridized carbons (Fsp3) is 0.739. The van der Waals surface area contributed by atoms with Crippen LogP contribution < -0.4 is 0 Å². The van der Waals surface area contributed by atoms with Crippen LogP contribution >= 0.6 is 0 Å². The standard InChI is InChI=1S/C23H39N3O2/c1-6-19(4)26(23(28)20-11-8-7-9-12-20)17-22(27)25(15-18(2)3)16-21-13-10-14-24(21)5/h10,13-14,18-20H,6-9,11-12,15-17H2,1-5H3/t19-/m0/s1. The normalized spacial score (nSPS) is 16.2. The molecule has 0 bridgehead atoms. The van der Waals surface area contributed by atoms with E-state index in [4.69, 9.17) is 0 Å². The second-order valence-electron chi connectivity index (χ2n) is 8.84. The van der Waals surface area contributed by atoms with Gasteiger partial charge in [0.05, 0.1) is 6.54 Å². The third kappa shape index (κ3) is 6.11. The molecule has 158 valence electrons. The lowest BCUT2D eigenvalue weighted by molar-refractivity contribution is -0.146. The Bertz CT molecular complexity index is 632. The highest BCUT2D eigenvalue weighted by Gasteiger charge is 2.31. The van der Waals surface area contributed by atoms with E-state index in [9.17, 15) is 9.59 Å². The first kappa shape index (κ1) is 22.5. The van der Waals surface area contributed by atoms with Crippen LogP contribution in [-0.4, -0.2) is 45.3 Å². The number of rotatable bonds is 9. The van der Waals surface area contributed by atoms with Gasteiger partial charge < -0.3 is 14.4 Å². The lowest BCUT2D eigenvalue weighted by atomic mass is 9.88. The summed E-state index contributed by atoms with van der Waals surface area (Å²) in [7, 11) is 2.01. The zero-order chi connectivity index (χ0) is 20.7. The molecule has 1 heterocycles. The van der Waals surface area contributed by atoms with E-state index in [-0.39, 0.29) is 30.3 Å². The minimum atomic E-state index is 0.0550. The maximum Gasteiger partial charge on any atom is 0.242 e. The number of carbonyl (C=O) groups is 2. The lowest BCUT2D eigenvalue weighted by Crippen LogP contribution is -2.49. The molecule has 1 aromatic heterocycles. The van der Waals surface area contributed by atoms with Gasteiger partial charge in [0.25, 0.3) is 0 Å². The molecule has 1 saturated carbocycles. The van der Waals surface area contributed by atoms with Gasteiger partial charge in [-0.1, -0.05) is 40.0 Å². The fourth-order valence-corrected chi connectivity index (χ4v) is 4.05. The number of amides is 2. The van der Waals surface area contributed by atoms with Crippen LogP contribution in [0.5, 0.6) is 0 Å². The summed E-state index contributed by atoms with van der Waals surface area (Å²) in [5.74, 6) is 0.724. The topological polar surface area (TPSA) is 45.6 Å². The van der Waals surface area contributed by atoms with Gasteiger partial charge in [0.15, 0.2) is 0 Å². The summed E-state index contributed by atoms with van der Waals surface area (Å²) >= 11 is 0. The highest BCUT2D eigenvalue weighted by molar-refractivity contribution is 5.86. The molecule has 1 aromatic rings. The molecule has 0 unspecified atom stereocenters.